The van der Waals surface area contributed by atoms with Gasteiger partial charge >= 0.3 is 0 Å². The summed E-state index contributed by atoms with van der Waals surface area (Å²) in [5.74, 6) is 2.64. The first-order valence-electron chi connectivity index (χ1n) is 7.01. The SMILES string of the molecule is CCNC(=NCc1cc(OC)c(OC)c(OC)c1)NCC. The summed E-state index contributed by atoms with van der Waals surface area (Å²) in [6.07, 6.45) is 0. The quantitative estimate of drug-likeness (QED) is 0.593. The molecule has 0 aromatic heterocycles. The highest BCUT2D eigenvalue weighted by Gasteiger charge is 2.12. The average molecular weight is 295 g/mol. The van der Waals surface area contributed by atoms with Crippen LogP contribution in [0.4, 0.5) is 0 Å². The van der Waals surface area contributed by atoms with Crippen molar-refractivity contribution in [1.29, 1.82) is 0 Å². The molecule has 0 bridgehead atoms. The third kappa shape index (κ3) is 4.73. The minimum absolute atomic E-state index is 0.520. The Morgan fingerprint density at radius 2 is 1.48 bits per heavy atom. The van der Waals surface area contributed by atoms with Crippen LogP contribution in [0, 0.1) is 0 Å². The number of hydrogen-bond acceptors (Lipinski definition) is 4. The number of rotatable bonds is 7. The first-order valence-corrected chi connectivity index (χ1v) is 7.01. The third-order valence-corrected chi connectivity index (χ3v) is 2.83. The summed E-state index contributed by atoms with van der Waals surface area (Å²) in [6, 6.07) is 3.81. The summed E-state index contributed by atoms with van der Waals surface area (Å²) in [5.41, 5.74) is 0.984. The van der Waals surface area contributed by atoms with Gasteiger partial charge in [-0.25, -0.2) is 4.99 Å². The lowest BCUT2D eigenvalue weighted by molar-refractivity contribution is 0.324. The van der Waals surface area contributed by atoms with E-state index in [0.717, 1.165) is 24.6 Å². The van der Waals surface area contributed by atoms with Crippen molar-refractivity contribution in [1.82, 2.24) is 10.6 Å². The summed E-state index contributed by atoms with van der Waals surface area (Å²) in [5, 5.41) is 6.37. The maximum absolute atomic E-state index is 5.34. The van der Waals surface area contributed by atoms with Crippen LogP contribution in [0.15, 0.2) is 17.1 Å². The lowest BCUT2D eigenvalue weighted by Crippen LogP contribution is -2.36. The molecule has 0 aliphatic heterocycles. The second kappa shape index (κ2) is 8.94. The summed E-state index contributed by atoms with van der Waals surface area (Å²) in [7, 11) is 4.80. The number of nitrogens with zero attached hydrogens (tertiary/aromatic N) is 1. The highest BCUT2D eigenvalue weighted by Crippen LogP contribution is 2.38. The zero-order chi connectivity index (χ0) is 15.7. The first-order chi connectivity index (χ1) is 10.2. The van der Waals surface area contributed by atoms with E-state index in [0.29, 0.717) is 23.8 Å². The van der Waals surface area contributed by atoms with E-state index in [1.807, 2.05) is 26.0 Å². The Labute approximate surface area is 126 Å². The fourth-order valence-electron chi connectivity index (χ4n) is 1.91. The van der Waals surface area contributed by atoms with Gasteiger partial charge in [-0.3, -0.25) is 0 Å². The van der Waals surface area contributed by atoms with Crippen molar-refractivity contribution in [2.24, 2.45) is 4.99 Å². The Morgan fingerprint density at radius 1 is 0.952 bits per heavy atom. The van der Waals surface area contributed by atoms with E-state index >= 15 is 0 Å². The van der Waals surface area contributed by atoms with Crippen molar-refractivity contribution in [3.63, 3.8) is 0 Å². The van der Waals surface area contributed by atoms with Gasteiger partial charge in [-0.15, -0.1) is 0 Å². The van der Waals surface area contributed by atoms with Gasteiger partial charge in [-0.1, -0.05) is 0 Å². The van der Waals surface area contributed by atoms with E-state index in [1.165, 1.54) is 0 Å². The highest BCUT2D eigenvalue weighted by atomic mass is 16.5. The molecule has 0 aliphatic rings. The summed E-state index contributed by atoms with van der Waals surface area (Å²) in [4.78, 5) is 4.52. The summed E-state index contributed by atoms with van der Waals surface area (Å²) in [6.45, 7) is 6.23. The van der Waals surface area contributed by atoms with Gasteiger partial charge in [0.1, 0.15) is 0 Å². The monoisotopic (exact) mass is 295 g/mol. The van der Waals surface area contributed by atoms with Crippen LogP contribution in [-0.4, -0.2) is 40.4 Å². The Bertz CT molecular complexity index is 442. The Balaban J connectivity index is 2.99. The molecule has 0 unspecified atom stereocenters. The van der Waals surface area contributed by atoms with Crippen molar-refractivity contribution in [2.75, 3.05) is 34.4 Å². The maximum atomic E-state index is 5.34. The molecule has 0 saturated carbocycles. The molecule has 0 atom stereocenters. The van der Waals surface area contributed by atoms with Crippen LogP contribution in [0.25, 0.3) is 0 Å². The van der Waals surface area contributed by atoms with Crippen LogP contribution in [-0.2, 0) is 6.54 Å². The molecule has 6 nitrogen and oxygen atoms in total. The molecule has 6 heteroatoms. The number of ether oxygens (including phenoxy) is 3. The average Bonchev–Trinajstić information content (AvgIpc) is 2.51. The number of nitrogens with one attached hydrogen (secondary N) is 2. The van der Waals surface area contributed by atoms with E-state index < -0.39 is 0 Å². The van der Waals surface area contributed by atoms with Gasteiger partial charge in [0.25, 0.3) is 0 Å². The van der Waals surface area contributed by atoms with E-state index in [9.17, 15) is 0 Å². The second-order valence-electron chi connectivity index (χ2n) is 4.26. The number of benzene rings is 1. The van der Waals surface area contributed by atoms with Crippen molar-refractivity contribution in [3.05, 3.63) is 17.7 Å². The lowest BCUT2D eigenvalue weighted by atomic mass is 10.2. The van der Waals surface area contributed by atoms with Gasteiger partial charge < -0.3 is 24.8 Å². The second-order valence-corrected chi connectivity index (χ2v) is 4.26. The van der Waals surface area contributed by atoms with Crippen molar-refractivity contribution >= 4 is 5.96 Å². The molecule has 21 heavy (non-hydrogen) atoms. The van der Waals surface area contributed by atoms with Gasteiger partial charge in [0, 0.05) is 13.1 Å². The molecule has 0 amide bonds. The molecule has 2 N–H and O–H groups in total. The molecular formula is C15H25N3O3. The lowest BCUT2D eigenvalue weighted by Gasteiger charge is -2.14. The van der Waals surface area contributed by atoms with Crippen LogP contribution in [0.2, 0.25) is 0 Å². The summed E-state index contributed by atoms with van der Waals surface area (Å²) >= 11 is 0. The van der Waals surface area contributed by atoms with Gasteiger partial charge in [0.2, 0.25) is 5.75 Å². The molecule has 1 rings (SSSR count). The standard InChI is InChI=1S/C15H25N3O3/c1-6-16-15(17-7-2)18-10-11-8-12(19-3)14(21-5)13(9-11)20-4/h8-9H,6-7,10H2,1-5H3,(H2,16,17,18). The van der Waals surface area contributed by atoms with E-state index in [4.69, 9.17) is 14.2 Å². The molecule has 0 spiro atoms. The number of aliphatic imine (C=N–C) groups is 1. The zero-order valence-electron chi connectivity index (χ0n) is 13.4. The van der Waals surface area contributed by atoms with E-state index in [1.54, 1.807) is 21.3 Å². The molecular weight excluding hydrogens is 270 g/mol. The largest absolute Gasteiger partial charge is 0.493 e. The first kappa shape index (κ1) is 16.9. The van der Waals surface area contributed by atoms with Crippen LogP contribution < -0.4 is 24.8 Å². The Kier molecular flexibility index (Phi) is 7.21. The van der Waals surface area contributed by atoms with Gasteiger partial charge in [-0.2, -0.15) is 0 Å². The predicted octanol–water partition coefficient (Wildman–Crippen LogP) is 1.79. The fourth-order valence-corrected chi connectivity index (χ4v) is 1.91. The van der Waals surface area contributed by atoms with Crippen molar-refractivity contribution < 1.29 is 14.2 Å². The topological polar surface area (TPSA) is 64.1 Å². The van der Waals surface area contributed by atoms with Crippen LogP contribution in [0.1, 0.15) is 19.4 Å². The highest BCUT2D eigenvalue weighted by molar-refractivity contribution is 5.79. The fraction of sp³-hybridized carbons (Fsp3) is 0.533. The minimum atomic E-state index is 0.520. The molecule has 0 saturated heterocycles. The smallest absolute Gasteiger partial charge is 0.203 e. The minimum Gasteiger partial charge on any atom is -0.493 e. The third-order valence-electron chi connectivity index (χ3n) is 2.83. The van der Waals surface area contributed by atoms with Crippen molar-refractivity contribution in [3.8, 4) is 17.2 Å². The zero-order valence-corrected chi connectivity index (χ0v) is 13.4. The molecule has 118 valence electrons. The Morgan fingerprint density at radius 3 is 1.86 bits per heavy atom. The van der Waals surface area contributed by atoms with Crippen molar-refractivity contribution in [2.45, 2.75) is 20.4 Å². The van der Waals surface area contributed by atoms with Gasteiger partial charge in [-0.05, 0) is 31.5 Å². The van der Waals surface area contributed by atoms with Gasteiger partial charge in [0.15, 0.2) is 17.5 Å². The van der Waals surface area contributed by atoms with Crippen LogP contribution >= 0.6 is 0 Å². The predicted molar refractivity (Wildman–Crippen MR) is 84.6 cm³/mol. The molecule has 0 fully saturated rings. The summed E-state index contributed by atoms with van der Waals surface area (Å²) < 4.78 is 16.0. The molecule has 0 aliphatic carbocycles. The number of guanidine groups is 1. The van der Waals surface area contributed by atoms with Gasteiger partial charge in [0.05, 0.1) is 27.9 Å². The normalized spacial score (nSPS) is 9.76. The number of methoxy groups -OCH3 is 3. The molecule has 0 heterocycles. The Hall–Kier alpha value is -2.11. The number of hydrogen-bond donors (Lipinski definition) is 2. The molecule has 1 aromatic rings. The molecule has 0 radical (unpaired) electrons. The maximum Gasteiger partial charge on any atom is 0.203 e. The van der Waals surface area contributed by atoms with E-state index in [-0.39, 0.29) is 0 Å². The molecule has 1 aromatic carbocycles. The van der Waals surface area contributed by atoms with Crippen LogP contribution in [0.3, 0.4) is 0 Å². The van der Waals surface area contributed by atoms with E-state index in [2.05, 4.69) is 15.6 Å². The van der Waals surface area contributed by atoms with Crippen LogP contribution in [0.5, 0.6) is 17.2 Å².